The first-order valence-electron chi connectivity index (χ1n) is 9.27. The Balaban J connectivity index is 1.79. The first kappa shape index (κ1) is 18.7. The second-order valence-corrected chi connectivity index (χ2v) is 6.83. The Labute approximate surface area is 168 Å². The quantitative estimate of drug-likeness (QED) is 0.676. The molecule has 5 heteroatoms. The Bertz CT molecular complexity index is 1060. The third-order valence-electron chi connectivity index (χ3n) is 5.10. The van der Waals surface area contributed by atoms with E-state index in [1.165, 1.54) is 11.0 Å². The number of ether oxygens (including phenoxy) is 1. The van der Waals surface area contributed by atoms with Gasteiger partial charge in [0, 0.05) is 17.7 Å². The largest absolute Gasteiger partial charge is 0.503 e. The van der Waals surface area contributed by atoms with E-state index in [-0.39, 0.29) is 12.3 Å². The Hall–Kier alpha value is -3.60. The highest BCUT2D eigenvalue weighted by atomic mass is 19.1. The summed E-state index contributed by atoms with van der Waals surface area (Å²) in [4.78, 5) is 14.5. The van der Waals surface area contributed by atoms with E-state index in [0.29, 0.717) is 22.4 Å². The maximum Gasteiger partial charge on any atom is 0.290 e. The molecule has 0 radical (unpaired) electrons. The van der Waals surface area contributed by atoms with Gasteiger partial charge in [0.25, 0.3) is 5.91 Å². The van der Waals surface area contributed by atoms with E-state index in [1.807, 2.05) is 42.5 Å². The number of carbonyl (C=O) groups excluding carboxylic acids is 1. The fourth-order valence-electron chi connectivity index (χ4n) is 3.68. The minimum absolute atomic E-state index is 0.224. The van der Waals surface area contributed by atoms with Gasteiger partial charge in [-0.25, -0.2) is 4.39 Å². The number of rotatable bonds is 5. The second-order valence-electron chi connectivity index (χ2n) is 6.83. The zero-order valence-electron chi connectivity index (χ0n) is 15.9. The van der Waals surface area contributed by atoms with Gasteiger partial charge >= 0.3 is 0 Å². The monoisotopic (exact) mass is 389 g/mol. The van der Waals surface area contributed by atoms with E-state index in [9.17, 15) is 14.3 Å². The number of aliphatic hydroxyl groups excluding tert-OH is 1. The summed E-state index contributed by atoms with van der Waals surface area (Å²) in [5.74, 6) is -0.586. The van der Waals surface area contributed by atoms with Gasteiger partial charge in [0.15, 0.2) is 5.76 Å². The maximum absolute atomic E-state index is 14.7. The molecule has 3 aromatic carbocycles. The molecule has 1 atom stereocenters. The molecule has 0 aliphatic carbocycles. The maximum atomic E-state index is 14.7. The van der Waals surface area contributed by atoms with E-state index in [2.05, 4.69) is 0 Å². The minimum atomic E-state index is -0.729. The SMILES string of the molecule is COc1ccc(CN2C(=O)C(O)=C(c3ccccc3)[C@@H]2c2ccccc2F)cc1. The molecule has 1 aliphatic rings. The third kappa shape index (κ3) is 3.47. The van der Waals surface area contributed by atoms with E-state index in [1.54, 1.807) is 37.4 Å². The summed E-state index contributed by atoms with van der Waals surface area (Å²) in [6.45, 7) is 0.224. The Morgan fingerprint density at radius 3 is 2.28 bits per heavy atom. The Morgan fingerprint density at radius 2 is 1.62 bits per heavy atom. The topological polar surface area (TPSA) is 49.8 Å². The molecule has 0 bridgehead atoms. The zero-order chi connectivity index (χ0) is 20.4. The molecule has 0 unspecified atom stereocenters. The lowest BCUT2D eigenvalue weighted by molar-refractivity contribution is -0.130. The number of halogens is 1. The number of hydrogen-bond donors (Lipinski definition) is 1. The van der Waals surface area contributed by atoms with Gasteiger partial charge in [0.05, 0.1) is 13.2 Å². The van der Waals surface area contributed by atoms with Crippen molar-refractivity contribution in [3.63, 3.8) is 0 Å². The lowest BCUT2D eigenvalue weighted by Gasteiger charge is -2.28. The smallest absolute Gasteiger partial charge is 0.290 e. The van der Waals surface area contributed by atoms with Crippen LogP contribution >= 0.6 is 0 Å². The van der Waals surface area contributed by atoms with Crippen LogP contribution in [0.25, 0.3) is 5.57 Å². The standard InChI is InChI=1S/C24H20FNO3/c1-29-18-13-11-16(12-14-18)15-26-22(19-9-5-6-10-20(19)25)21(23(27)24(26)28)17-7-3-2-4-8-17/h2-14,22,27H,15H2,1H3/t22-/m0/s1. The Kier molecular flexibility index (Phi) is 5.04. The number of amides is 1. The molecule has 0 spiro atoms. The van der Waals surface area contributed by atoms with Crippen LogP contribution in [0.5, 0.6) is 5.75 Å². The highest BCUT2D eigenvalue weighted by Crippen LogP contribution is 2.44. The molecule has 0 fully saturated rings. The normalized spacial score (nSPS) is 16.4. The highest BCUT2D eigenvalue weighted by Gasteiger charge is 2.41. The molecule has 3 aromatic rings. The van der Waals surface area contributed by atoms with Gasteiger partial charge in [0.2, 0.25) is 0 Å². The van der Waals surface area contributed by atoms with Crippen LogP contribution in [0.3, 0.4) is 0 Å². The fourth-order valence-corrected chi connectivity index (χ4v) is 3.68. The summed E-state index contributed by atoms with van der Waals surface area (Å²) in [5.41, 5.74) is 2.29. The van der Waals surface area contributed by atoms with Crippen molar-refractivity contribution in [3.05, 3.63) is 107 Å². The van der Waals surface area contributed by atoms with E-state index < -0.39 is 17.8 Å². The van der Waals surface area contributed by atoms with Gasteiger partial charge in [0.1, 0.15) is 11.6 Å². The number of nitrogens with zero attached hydrogens (tertiary/aromatic N) is 1. The summed E-state index contributed by atoms with van der Waals surface area (Å²) in [6, 6.07) is 22.0. The third-order valence-corrected chi connectivity index (χ3v) is 5.10. The molecule has 1 heterocycles. The van der Waals surface area contributed by atoms with Crippen molar-refractivity contribution in [2.75, 3.05) is 7.11 Å². The second kappa shape index (κ2) is 7.80. The average Bonchev–Trinajstić information content (AvgIpc) is 3.00. The van der Waals surface area contributed by atoms with Crippen LogP contribution in [0.1, 0.15) is 22.7 Å². The van der Waals surface area contributed by atoms with E-state index in [4.69, 9.17) is 4.74 Å². The molecular formula is C24H20FNO3. The van der Waals surface area contributed by atoms with Crippen molar-refractivity contribution in [3.8, 4) is 5.75 Å². The molecule has 4 nitrogen and oxygen atoms in total. The van der Waals surface area contributed by atoms with Crippen LogP contribution in [0.15, 0.2) is 84.6 Å². The molecule has 1 aliphatic heterocycles. The van der Waals surface area contributed by atoms with Crippen LogP contribution < -0.4 is 4.74 Å². The predicted octanol–water partition coefficient (Wildman–Crippen LogP) is 4.89. The first-order valence-corrected chi connectivity index (χ1v) is 9.27. The van der Waals surface area contributed by atoms with Gasteiger partial charge in [-0.2, -0.15) is 0 Å². The van der Waals surface area contributed by atoms with Crippen LogP contribution in [0.2, 0.25) is 0 Å². The van der Waals surface area contributed by atoms with Crippen LogP contribution in [0, 0.1) is 5.82 Å². The van der Waals surface area contributed by atoms with Crippen molar-refractivity contribution >= 4 is 11.5 Å². The van der Waals surface area contributed by atoms with Gasteiger partial charge in [-0.3, -0.25) is 4.79 Å². The van der Waals surface area contributed by atoms with Crippen molar-refractivity contribution in [1.82, 2.24) is 4.90 Å². The number of hydrogen-bond acceptors (Lipinski definition) is 3. The summed E-state index contributed by atoms with van der Waals surface area (Å²) in [6.07, 6.45) is 0. The lowest BCUT2D eigenvalue weighted by Crippen LogP contribution is -2.30. The van der Waals surface area contributed by atoms with Crippen LogP contribution in [-0.4, -0.2) is 23.0 Å². The van der Waals surface area contributed by atoms with Gasteiger partial charge in [-0.05, 0) is 29.3 Å². The van der Waals surface area contributed by atoms with E-state index >= 15 is 0 Å². The Morgan fingerprint density at radius 1 is 0.966 bits per heavy atom. The number of benzene rings is 3. The number of aliphatic hydroxyl groups is 1. The first-order chi connectivity index (χ1) is 14.1. The van der Waals surface area contributed by atoms with Gasteiger partial charge < -0.3 is 14.7 Å². The minimum Gasteiger partial charge on any atom is -0.503 e. The lowest BCUT2D eigenvalue weighted by atomic mass is 9.93. The van der Waals surface area contributed by atoms with Crippen molar-refractivity contribution in [2.45, 2.75) is 12.6 Å². The molecule has 29 heavy (non-hydrogen) atoms. The molecule has 0 saturated carbocycles. The number of methoxy groups -OCH3 is 1. The highest BCUT2D eigenvalue weighted by molar-refractivity contribution is 6.05. The van der Waals surface area contributed by atoms with Crippen molar-refractivity contribution in [2.24, 2.45) is 0 Å². The summed E-state index contributed by atoms with van der Waals surface area (Å²) in [7, 11) is 1.58. The zero-order valence-corrected chi connectivity index (χ0v) is 15.9. The molecule has 0 aromatic heterocycles. The molecule has 1 amide bonds. The predicted molar refractivity (Wildman–Crippen MR) is 109 cm³/mol. The molecular weight excluding hydrogens is 369 g/mol. The van der Waals surface area contributed by atoms with Crippen molar-refractivity contribution < 1.29 is 19.0 Å². The summed E-state index contributed by atoms with van der Waals surface area (Å²) in [5, 5.41) is 10.7. The molecule has 146 valence electrons. The molecule has 0 saturated heterocycles. The van der Waals surface area contributed by atoms with Crippen LogP contribution in [0.4, 0.5) is 4.39 Å². The van der Waals surface area contributed by atoms with Gasteiger partial charge in [-0.15, -0.1) is 0 Å². The molecule has 4 rings (SSSR count). The van der Waals surface area contributed by atoms with Crippen molar-refractivity contribution in [1.29, 1.82) is 0 Å². The fraction of sp³-hybridized carbons (Fsp3) is 0.125. The average molecular weight is 389 g/mol. The summed E-state index contributed by atoms with van der Waals surface area (Å²) >= 11 is 0. The summed E-state index contributed by atoms with van der Waals surface area (Å²) < 4.78 is 19.9. The number of carbonyl (C=O) groups is 1. The molecule has 1 N–H and O–H groups in total. The van der Waals surface area contributed by atoms with Gasteiger partial charge in [-0.1, -0.05) is 60.7 Å². The van der Waals surface area contributed by atoms with Crippen LogP contribution in [-0.2, 0) is 11.3 Å². The van der Waals surface area contributed by atoms with E-state index in [0.717, 1.165) is 5.56 Å².